The zero-order chi connectivity index (χ0) is 21.4. The Hall–Kier alpha value is -2.39. The third-order valence-electron chi connectivity index (χ3n) is 4.97. The molecule has 0 spiro atoms. The number of benzene rings is 2. The lowest BCUT2D eigenvalue weighted by Gasteiger charge is -2.15. The SMILES string of the molecule is O=C(O)C1(NS(=O)(=O)c2ccc(-c3ccc(Cl)cc3)s2)C[C@H]1COc1ccccc1. The van der Waals surface area contributed by atoms with E-state index in [1.165, 1.54) is 6.07 Å². The van der Waals surface area contributed by atoms with Crippen LogP contribution in [0, 0.1) is 5.92 Å². The van der Waals surface area contributed by atoms with Crippen LogP contribution in [0.1, 0.15) is 6.42 Å². The van der Waals surface area contributed by atoms with E-state index < -0.39 is 27.4 Å². The molecule has 1 aliphatic rings. The largest absolute Gasteiger partial charge is 0.493 e. The van der Waals surface area contributed by atoms with Crippen molar-refractivity contribution < 1.29 is 23.1 Å². The number of ether oxygens (including phenoxy) is 1. The van der Waals surface area contributed by atoms with Crippen molar-refractivity contribution in [2.24, 2.45) is 5.92 Å². The molecule has 2 aromatic carbocycles. The highest BCUT2D eigenvalue weighted by molar-refractivity contribution is 7.91. The lowest BCUT2D eigenvalue weighted by Crippen LogP contribution is -2.45. The first-order valence-corrected chi connectivity index (χ1v) is 11.8. The van der Waals surface area contributed by atoms with E-state index in [4.69, 9.17) is 16.3 Å². The van der Waals surface area contributed by atoms with Crippen molar-refractivity contribution in [3.8, 4) is 16.2 Å². The first kappa shape index (κ1) is 20.9. The van der Waals surface area contributed by atoms with Gasteiger partial charge in [0.1, 0.15) is 15.5 Å². The van der Waals surface area contributed by atoms with Gasteiger partial charge in [0.15, 0.2) is 0 Å². The molecule has 9 heteroatoms. The second kappa shape index (κ2) is 8.03. The normalized spacial score (nSPS) is 20.6. The van der Waals surface area contributed by atoms with Crippen molar-refractivity contribution in [3.05, 3.63) is 71.8 Å². The van der Waals surface area contributed by atoms with E-state index in [9.17, 15) is 18.3 Å². The summed E-state index contributed by atoms with van der Waals surface area (Å²) in [6, 6.07) is 19.2. The number of sulfonamides is 1. The maximum Gasteiger partial charge on any atom is 0.325 e. The van der Waals surface area contributed by atoms with Crippen LogP contribution >= 0.6 is 22.9 Å². The number of hydrogen-bond acceptors (Lipinski definition) is 5. The molecule has 1 aromatic heterocycles. The highest BCUT2D eigenvalue weighted by atomic mass is 35.5. The molecule has 6 nitrogen and oxygen atoms in total. The van der Waals surface area contributed by atoms with Crippen molar-refractivity contribution in [2.45, 2.75) is 16.2 Å². The van der Waals surface area contributed by atoms with Crippen LogP contribution < -0.4 is 9.46 Å². The average molecular weight is 464 g/mol. The van der Waals surface area contributed by atoms with Gasteiger partial charge in [-0.25, -0.2) is 8.42 Å². The first-order valence-electron chi connectivity index (χ1n) is 9.11. The van der Waals surface area contributed by atoms with E-state index in [2.05, 4.69) is 4.72 Å². The average Bonchev–Trinajstić information content (AvgIpc) is 3.18. The number of aliphatic carboxylic acids is 1. The van der Waals surface area contributed by atoms with Crippen LogP contribution in [-0.2, 0) is 14.8 Å². The minimum atomic E-state index is -4.01. The van der Waals surface area contributed by atoms with Gasteiger partial charge in [-0.15, -0.1) is 11.3 Å². The van der Waals surface area contributed by atoms with Crippen LogP contribution in [0.25, 0.3) is 10.4 Å². The van der Waals surface area contributed by atoms with Gasteiger partial charge in [-0.05, 0) is 48.4 Å². The van der Waals surface area contributed by atoms with Gasteiger partial charge in [0.2, 0.25) is 0 Å². The molecule has 1 fully saturated rings. The first-order chi connectivity index (χ1) is 14.3. The fourth-order valence-corrected chi connectivity index (χ4v) is 6.07. The molecule has 0 aliphatic heterocycles. The van der Waals surface area contributed by atoms with Crippen LogP contribution in [0.15, 0.2) is 70.9 Å². The van der Waals surface area contributed by atoms with Crippen LogP contribution in [0.2, 0.25) is 5.02 Å². The number of carboxylic acids is 1. The lowest BCUT2D eigenvalue weighted by atomic mass is 10.2. The fraction of sp³-hybridized carbons (Fsp3) is 0.190. The summed E-state index contributed by atoms with van der Waals surface area (Å²) in [5.74, 6) is -1.06. The zero-order valence-electron chi connectivity index (χ0n) is 15.6. The summed E-state index contributed by atoms with van der Waals surface area (Å²) in [6.07, 6.45) is 0.170. The smallest absolute Gasteiger partial charge is 0.325 e. The van der Waals surface area contributed by atoms with E-state index in [0.29, 0.717) is 10.8 Å². The van der Waals surface area contributed by atoms with E-state index in [1.807, 2.05) is 18.2 Å². The van der Waals surface area contributed by atoms with Gasteiger partial charge < -0.3 is 9.84 Å². The van der Waals surface area contributed by atoms with Crippen LogP contribution in [0.5, 0.6) is 5.75 Å². The van der Waals surface area contributed by atoms with Gasteiger partial charge in [-0.2, -0.15) is 4.72 Å². The summed E-state index contributed by atoms with van der Waals surface area (Å²) in [7, 11) is -4.01. The summed E-state index contributed by atoms with van der Waals surface area (Å²) in [6.45, 7) is 0.110. The quantitative estimate of drug-likeness (QED) is 0.520. The number of hydrogen-bond donors (Lipinski definition) is 2. The third kappa shape index (κ3) is 4.22. The Labute approximate surface area is 183 Å². The topological polar surface area (TPSA) is 92.7 Å². The minimum Gasteiger partial charge on any atom is -0.493 e. The molecular formula is C21H18ClNO5S2. The lowest BCUT2D eigenvalue weighted by molar-refractivity contribution is -0.140. The van der Waals surface area contributed by atoms with Gasteiger partial charge in [0.25, 0.3) is 10.0 Å². The van der Waals surface area contributed by atoms with E-state index in [1.54, 1.807) is 42.5 Å². The number of carboxylic acid groups (broad SMARTS) is 1. The molecule has 2 atom stereocenters. The number of thiophene rings is 1. The van der Waals surface area contributed by atoms with E-state index >= 15 is 0 Å². The van der Waals surface area contributed by atoms with Gasteiger partial charge >= 0.3 is 5.97 Å². The summed E-state index contributed by atoms with van der Waals surface area (Å²) >= 11 is 6.97. The number of nitrogens with one attached hydrogen (secondary N) is 1. The van der Waals surface area contributed by atoms with Gasteiger partial charge in [-0.1, -0.05) is 41.9 Å². The Balaban J connectivity index is 1.49. The molecule has 0 saturated heterocycles. The molecule has 4 rings (SSSR count). The molecule has 0 radical (unpaired) electrons. The molecule has 30 heavy (non-hydrogen) atoms. The maximum absolute atomic E-state index is 12.9. The monoisotopic (exact) mass is 463 g/mol. The standard InChI is InChI=1S/C21H18ClNO5S2/c22-16-8-6-14(7-9-16)18-10-11-19(29-18)30(26,27)23-21(20(24)25)12-15(21)13-28-17-4-2-1-3-5-17/h1-11,15,23H,12-13H2,(H,24,25)/t15-,21?/m0/s1. The molecule has 156 valence electrons. The zero-order valence-corrected chi connectivity index (χ0v) is 18.0. The Morgan fingerprint density at radius 1 is 1.13 bits per heavy atom. The molecule has 1 aliphatic carbocycles. The Morgan fingerprint density at radius 2 is 1.83 bits per heavy atom. The second-order valence-corrected chi connectivity index (χ2v) is 10.5. The summed E-state index contributed by atoms with van der Waals surface area (Å²) in [5.41, 5.74) is -0.725. The molecule has 0 bridgehead atoms. The highest BCUT2D eigenvalue weighted by Gasteiger charge is 2.63. The molecular weight excluding hydrogens is 446 g/mol. The highest BCUT2D eigenvalue weighted by Crippen LogP contribution is 2.45. The number of halogens is 1. The minimum absolute atomic E-state index is 0.0581. The van der Waals surface area contributed by atoms with Crippen molar-refractivity contribution in [1.29, 1.82) is 0 Å². The Bertz CT molecular complexity index is 1160. The third-order valence-corrected chi connectivity index (χ3v) is 8.36. The number of rotatable bonds is 8. The molecule has 1 saturated carbocycles. The van der Waals surface area contributed by atoms with Crippen molar-refractivity contribution in [1.82, 2.24) is 4.72 Å². The Kier molecular flexibility index (Phi) is 5.59. The predicted molar refractivity (Wildman–Crippen MR) is 115 cm³/mol. The van der Waals surface area contributed by atoms with Crippen LogP contribution in [0.3, 0.4) is 0 Å². The summed E-state index contributed by atoms with van der Waals surface area (Å²) in [4.78, 5) is 12.6. The predicted octanol–water partition coefficient (Wildman–Crippen LogP) is 4.27. The molecule has 0 amide bonds. The summed E-state index contributed by atoms with van der Waals surface area (Å²) in [5, 5.41) is 10.3. The van der Waals surface area contributed by atoms with Crippen LogP contribution in [-0.4, -0.2) is 31.6 Å². The number of carbonyl (C=O) groups is 1. The van der Waals surface area contributed by atoms with Gasteiger partial charge in [0.05, 0.1) is 6.61 Å². The van der Waals surface area contributed by atoms with Gasteiger partial charge in [-0.3, -0.25) is 4.79 Å². The van der Waals surface area contributed by atoms with Crippen molar-refractivity contribution >= 4 is 38.9 Å². The van der Waals surface area contributed by atoms with Crippen molar-refractivity contribution in [3.63, 3.8) is 0 Å². The summed E-state index contributed by atoms with van der Waals surface area (Å²) < 4.78 is 33.9. The van der Waals surface area contributed by atoms with Crippen molar-refractivity contribution in [2.75, 3.05) is 6.61 Å². The molecule has 2 N–H and O–H groups in total. The molecule has 1 heterocycles. The number of para-hydroxylation sites is 1. The Morgan fingerprint density at radius 3 is 2.50 bits per heavy atom. The molecule has 3 aromatic rings. The maximum atomic E-state index is 12.9. The van der Waals surface area contributed by atoms with Crippen LogP contribution in [0.4, 0.5) is 0 Å². The van der Waals surface area contributed by atoms with E-state index in [0.717, 1.165) is 21.8 Å². The second-order valence-electron chi connectivity index (χ2n) is 7.03. The molecule has 1 unspecified atom stereocenters. The van der Waals surface area contributed by atoms with E-state index in [-0.39, 0.29) is 17.2 Å². The fourth-order valence-electron chi connectivity index (χ4n) is 3.20. The van der Waals surface area contributed by atoms with Gasteiger partial charge in [0, 0.05) is 15.8 Å².